The minimum Gasteiger partial charge on any atom is -0.480 e. The Bertz CT molecular complexity index is 1680. The van der Waals surface area contributed by atoms with Crippen LogP contribution in [0.15, 0.2) is 48.9 Å². The van der Waals surface area contributed by atoms with Gasteiger partial charge in [-0.3, -0.25) is 9.78 Å². The van der Waals surface area contributed by atoms with Crippen molar-refractivity contribution in [1.29, 1.82) is 0 Å². The van der Waals surface area contributed by atoms with Gasteiger partial charge in [-0.1, -0.05) is 0 Å². The minimum absolute atomic E-state index is 0.0353. The lowest BCUT2D eigenvalue weighted by Gasteiger charge is -2.35. The lowest BCUT2D eigenvalue weighted by Crippen LogP contribution is -2.44. The van der Waals surface area contributed by atoms with E-state index in [-0.39, 0.29) is 46.3 Å². The van der Waals surface area contributed by atoms with E-state index in [9.17, 15) is 27.9 Å². The number of aliphatic carboxylic acids is 1. The van der Waals surface area contributed by atoms with Gasteiger partial charge in [0.15, 0.2) is 0 Å². The Balaban J connectivity index is 1.43. The molecule has 0 unspecified atom stereocenters. The van der Waals surface area contributed by atoms with Crippen LogP contribution in [0, 0.1) is 18.6 Å². The summed E-state index contributed by atoms with van der Waals surface area (Å²) in [5.74, 6) is -5.10. The normalized spacial score (nSPS) is 16.3. The summed E-state index contributed by atoms with van der Waals surface area (Å²) in [6.07, 6.45) is -1.09. The van der Waals surface area contributed by atoms with Gasteiger partial charge in [-0.15, -0.1) is 0 Å². The lowest BCUT2D eigenvalue weighted by molar-refractivity contribution is -0.139. The highest BCUT2D eigenvalue weighted by Gasteiger charge is 2.37. The molecule has 1 aliphatic heterocycles. The molecule has 1 aliphatic rings. The average Bonchev–Trinajstić information content (AvgIpc) is 3.42. The fourth-order valence-corrected chi connectivity index (χ4v) is 5.23. The van der Waals surface area contributed by atoms with Crippen LogP contribution in [0.25, 0.3) is 16.9 Å². The monoisotopic (exact) mass is 603 g/mol. The van der Waals surface area contributed by atoms with Gasteiger partial charge < -0.3 is 24.5 Å². The molecule has 0 spiro atoms. The Hall–Kier alpha value is -4.59. The van der Waals surface area contributed by atoms with Gasteiger partial charge in [0, 0.05) is 54.5 Å². The van der Waals surface area contributed by atoms with Crippen LogP contribution in [-0.4, -0.2) is 63.2 Å². The van der Waals surface area contributed by atoms with Crippen molar-refractivity contribution < 1.29 is 41.4 Å². The topological polar surface area (TPSA) is 109 Å². The van der Waals surface area contributed by atoms with Crippen LogP contribution >= 0.6 is 0 Å². The zero-order valence-electron chi connectivity index (χ0n) is 23.0. The van der Waals surface area contributed by atoms with Gasteiger partial charge in [0.1, 0.15) is 28.9 Å². The molecular weight excluding hydrogens is 577 g/mol. The first-order valence-electron chi connectivity index (χ1n) is 13.2. The molecule has 2 N–H and O–H groups in total. The van der Waals surface area contributed by atoms with E-state index in [1.165, 1.54) is 48.1 Å². The Morgan fingerprint density at radius 3 is 2.51 bits per heavy atom. The van der Waals surface area contributed by atoms with Gasteiger partial charge in [0.25, 0.3) is 5.91 Å². The molecule has 14 heteroatoms. The maximum Gasteiger partial charge on any atom is 0.418 e. The van der Waals surface area contributed by atoms with Crippen molar-refractivity contribution in [3.05, 3.63) is 82.9 Å². The SMILES string of the molecule is Cc1ccnc(-c2ccc(C[C@H](NC(=O)c3c(F)cc(N4CCOC[C@@H]4C)cc3F)C(=O)O)n3ccnc23)c1C(F)(F)F. The molecule has 1 aromatic carbocycles. The van der Waals surface area contributed by atoms with Crippen molar-refractivity contribution in [2.24, 2.45) is 0 Å². The first kappa shape index (κ1) is 29.9. The number of rotatable bonds is 7. The molecule has 0 radical (unpaired) electrons. The van der Waals surface area contributed by atoms with Gasteiger partial charge in [0.05, 0.1) is 24.5 Å². The van der Waals surface area contributed by atoms with Crippen LogP contribution in [0.4, 0.5) is 27.6 Å². The summed E-state index contributed by atoms with van der Waals surface area (Å²) >= 11 is 0. The van der Waals surface area contributed by atoms with Gasteiger partial charge in [-0.25, -0.2) is 18.6 Å². The quantitative estimate of drug-likeness (QED) is 0.296. The van der Waals surface area contributed by atoms with Gasteiger partial charge in [-0.2, -0.15) is 13.2 Å². The van der Waals surface area contributed by atoms with Crippen molar-refractivity contribution in [3.63, 3.8) is 0 Å². The second kappa shape index (κ2) is 11.6. The number of hydrogen-bond donors (Lipinski definition) is 2. The molecule has 0 aliphatic carbocycles. The number of aryl methyl sites for hydroxylation is 1. The largest absolute Gasteiger partial charge is 0.480 e. The molecule has 4 heterocycles. The lowest BCUT2D eigenvalue weighted by atomic mass is 10.0. The number of alkyl halides is 3. The Morgan fingerprint density at radius 2 is 1.86 bits per heavy atom. The van der Waals surface area contributed by atoms with E-state index in [2.05, 4.69) is 15.3 Å². The third kappa shape index (κ3) is 5.87. The van der Waals surface area contributed by atoms with Gasteiger partial charge in [-0.05, 0) is 49.7 Å². The van der Waals surface area contributed by atoms with Crippen molar-refractivity contribution in [1.82, 2.24) is 19.7 Å². The number of amides is 1. The number of hydrogen-bond acceptors (Lipinski definition) is 6. The number of carboxylic acid groups (broad SMARTS) is 1. The first-order chi connectivity index (χ1) is 20.4. The number of halogens is 5. The number of benzene rings is 1. The molecule has 226 valence electrons. The van der Waals surface area contributed by atoms with Crippen molar-refractivity contribution in [2.45, 2.75) is 38.5 Å². The second-order valence-corrected chi connectivity index (χ2v) is 10.2. The van der Waals surface area contributed by atoms with E-state index in [0.29, 0.717) is 19.8 Å². The molecule has 2 atom stereocenters. The first-order valence-corrected chi connectivity index (χ1v) is 13.2. The third-order valence-corrected chi connectivity index (χ3v) is 7.30. The molecule has 5 rings (SSSR count). The second-order valence-electron chi connectivity index (χ2n) is 10.2. The third-order valence-electron chi connectivity index (χ3n) is 7.30. The van der Waals surface area contributed by atoms with Crippen molar-refractivity contribution in [2.75, 3.05) is 24.7 Å². The molecule has 43 heavy (non-hydrogen) atoms. The summed E-state index contributed by atoms with van der Waals surface area (Å²) in [6, 6.07) is 4.18. The number of morpholine rings is 1. The number of pyridine rings is 2. The maximum atomic E-state index is 15.0. The molecule has 1 fully saturated rings. The van der Waals surface area contributed by atoms with E-state index < -0.39 is 46.9 Å². The van der Waals surface area contributed by atoms with E-state index >= 15 is 8.78 Å². The molecule has 4 aromatic rings. The predicted molar refractivity (Wildman–Crippen MR) is 145 cm³/mol. The van der Waals surface area contributed by atoms with Crippen LogP contribution in [0.5, 0.6) is 0 Å². The molecule has 0 bridgehead atoms. The van der Waals surface area contributed by atoms with Gasteiger partial charge in [0.2, 0.25) is 0 Å². The summed E-state index contributed by atoms with van der Waals surface area (Å²) in [6.45, 7) is 4.26. The summed E-state index contributed by atoms with van der Waals surface area (Å²) in [7, 11) is 0. The van der Waals surface area contributed by atoms with Crippen molar-refractivity contribution in [3.8, 4) is 11.3 Å². The number of carboxylic acids is 1. The van der Waals surface area contributed by atoms with E-state index in [0.717, 1.165) is 12.1 Å². The standard InChI is InChI=1S/C29H26F5N5O4/c1-15-5-6-35-25(24(15)29(32,33)34)19-4-3-17(39-8-7-36-26(19)39)13-22(28(41)42)37-27(40)23-20(30)11-18(12-21(23)31)38-9-10-43-14-16(38)2/h3-8,11-12,16,22H,9-10,13-14H2,1-2H3,(H,37,40)(H,41,42)/t16-,22-/m0/s1. The van der Waals surface area contributed by atoms with Crippen molar-refractivity contribution >= 4 is 23.2 Å². The Labute approximate surface area is 241 Å². The number of carbonyl (C=O) groups excluding carboxylic acids is 1. The smallest absolute Gasteiger partial charge is 0.418 e. The zero-order chi connectivity index (χ0) is 31.1. The van der Waals surface area contributed by atoms with Gasteiger partial charge >= 0.3 is 12.1 Å². The predicted octanol–water partition coefficient (Wildman–Crippen LogP) is 4.65. The maximum absolute atomic E-state index is 15.0. The molecule has 3 aromatic heterocycles. The van der Waals surface area contributed by atoms with E-state index in [1.54, 1.807) is 4.90 Å². The Kier molecular flexibility index (Phi) is 8.06. The summed E-state index contributed by atoms with van der Waals surface area (Å²) in [5.41, 5.74) is -1.66. The minimum atomic E-state index is -4.70. The molecular formula is C29H26F5N5O4. The number of nitrogens with one attached hydrogen (secondary N) is 1. The highest BCUT2D eigenvalue weighted by Crippen LogP contribution is 2.39. The number of carbonyl (C=O) groups is 2. The fourth-order valence-electron chi connectivity index (χ4n) is 5.23. The Morgan fingerprint density at radius 1 is 1.14 bits per heavy atom. The summed E-state index contributed by atoms with van der Waals surface area (Å²) in [5, 5.41) is 12.0. The van der Waals surface area contributed by atoms with Crippen LogP contribution in [0.3, 0.4) is 0 Å². The van der Waals surface area contributed by atoms with Crippen LogP contribution in [-0.2, 0) is 22.1 Å². The number of fused-ring (bicyclic) bond motifs is 1. The summed E-state index contributed by atoms with van der Waals surface area (Å²) < 4.78 is 78.4. The number of aromatic nitrogens is 3. The summed E-state index contributed by atoms with van der Waals surface area (Å²) in [4.78, 5) is 34.9. The van der Waals surface area contributed by atoms with Crippen LogP contribution in [0.1, 0.15) is 34.1 Å². The van der Waals surface area contributed by atoms with Crippen LogP contribution in [0.2, 0.25) is 0 Å². The number of nitrogens with zero attached hydrogens (tertiary/aromatic N) is 4. The molecule has 9 nitrogen and oxygen atoms in total. The number of imidazole rings is 1. The number of anilines is 1. The molecule has 1 amide bonds. The fraction of sp³-hybridized carbons (Fsp3) is 0.310. The highest BCUT2D eigenvalue weighted by molar-refractivity contribution is 5.97. The zero-order valence-corrected chi connectivity index (χ0v) is 23.0. The van der Waals surface area contributed by atoms with Crippen LogP contribution < -0.4 is 10.2 Å². The highest BCUT2D eigenvalue weighted by atomic mass is 19.4. The van der Waals surface area contributed by atoms with E-state index in [1.807, 2.05) is 6.92 Å². The van der Waals surface area contributed by atoms with E-state index in [4.69, 9.17) is 4.74 Å². The molecule has 0 saturated carbocycles. The molecule has 1 saturated heterocycles. The average molecular weight is 604 g/mol. The number of ether oxygens (including phenoxy) is 1.